The molecule has 0 bridgehead atoms. The number of hydrogen-bond acceptors (Lipinski definition) is 3. The van der Waals surface area contributed by atoms with Gasteiger partial charge in [0.05, 0.1) is 0 Å². The van der Waals surface area contributed by atoms with Crippen LogP contribution in [0.25, 0.3) is 0 Å². The van der Waals surface area contributed by atoms with Gasteiger partial charge in [-0.15, -0.1) is 11.8 Å². The molecule has 0 saturated carbocycles. The van der Waals surface area contributed by atoms with Gasteiger partial charge in [-0.05, 0) is 54.7 Å². The first-order valence-electron chi connectivity index (χ1n) is 8.43. The molecule has 2 aromatic carbocycles. The number of allylic oxidation sites excluding steroid dienone is 1. The average molecular weight is 369 g/mol. The molecular formula is C22H24OS2. The van der Waals surface area contributed by atoms with Gasteiger partial charge < -0.3 is 5.11 Å². The highest BCUT2D eigenvalue weighted by molar-refractivity contribution is 7.99. The Bertz CT molecular complexity index is 775. The van der Waals surface area contributed by atoms with Crippen molar-refractivity contribution in [2.24, 2.45) is 0 Å². The molecule has 0 aromatic heterocycles. The van der Waals surface area contributed by atoms with Crippen molar-refractivity contribution in [3.05, 3.63) is 89.0 Å². The predicted octanol–water partition coefficient (Wildman–Crippen LogP) is 5.57. The zero-order valence-corrected chi connectivity index (χ0v) is 16.5. The monoisotopic (exact) mass is 368 g/mol. The predicted molar refractivity (Wildman–Crippen MR) is 112 cm³/mol. The number of benzene rings is 2. The summed E-state index contributed by atoms with van der Waals surface area (Å²) in [6, 6.07) is 16.4. The minimum Gasteiger partial charge on any atom is -0.376 e. The molecule has 1 N–H and O–H groups in total. The number of hydrogen-bond donors (Lipinski definition) is 1. The molecule has 3 rings (SSSR count). The lowest BCUT2D eigenvalue weighted by Gasteiger charge is -2.33. The average Bonchev–Trinajstić information content (AvgIpc) is 2.68. The molecule has 25 heavy (non-hydrogen) atoms. The van der Waals surface area contributed by atoms with Crippen molar-refractivity contribution in [2.75, 3.05) is 12.5 Å². The fourth-order valence-electron chi connectivity index (χ4n) is 3.17. The van der Waals surface area contributed by atoms with E-state index in [4.69, 9.17) is 0 Å². The van der Waals surface area contributed by atoms with E-state index in [-0.39, 0.29) is 0 Å². The first kappa shape index (κ1) is 18.4. The molecular weight excluding hydrogens is 344 g/mol. The van der Waals surface area contributed by atoms with Gasteiger partial charge in [0.25, 0.3) is 0 Å². The van der Waals surface area contributed by atoms with Crippen molar-refractivity contribution in [2.45, 2.75) is 29.1 Å². The Morgan fingerprint density at radius 1 is 0.960 bits per heavy atom. The molecule has 0 spiro atoms. The van der Waals surface area contributed by atoms with Crippen LogP contribution >= 0.6 is 23.5 Å². The maximum absolute atomic E-state index is 11.9. The van der Waals surface area contributed by atoms with Crippen molar-refractivity contribution >= 4 is 23.5 Å². The van der Waals surface area contributed by atoms with E-state index in [9.17, 15) is 5.11 Å². The quantitative estimate of drug-likeness (QED) is 0.697. The van der Waals surface area contributed by atoms with Crippen LogP contribution in [0.2, 0.25) is 0 Å². The highest BCUT2D eigenvalue weighted by Crippen LogP contribution is 2.40. The number of aryl methyl sites for hydroxylation is 1. The SMILES string of the molecule is CSc1ccc(C(O)(C2=CCC(SC)C=C2)c2ccc(C)cc2)cc1. The van der Waals surface area contributed by atoms with Crippen LogP contribution in [0.4, 0.5) is 0 Å². The van der Waals surface area contributed by atoms with Crippen molar-refractivity contribution in [1.29, 1.82) is 0 Å². The molecule has 1 aliphatic carbocycles. The van der Waals surface area contributed by atoms with Gasteiger partial charge in [0, 0.05) is 10.1 Å². The van der Waals surface area contributed by atoms with Gasteiger partial charge in [-0.1, -0.05) is 60.2 Å². The van der Waals surface area contributed by atoms with Crippen molar-refractivity contribution in [1.82, 2.24) is 0 Å². The smallest absolute Gasteiger partial charge is 0.140 e. The molecule has 0 aliphatic heterocycles. The molecule has 1 nitrogen and oxygen atoms in total. The number of thioether (sulfide) groups is 2. The van der Waals surface area contributed by atoms with Crippen molar-refractivity contribution in [3.8, 4) is 0 Å². The van der Waals surface area contributed by atoms with Gasteiger partial charge in [0.1, 0.15) is 5.60 Å². The van der Waals surface area contributed by atoms with Crippen LogP contribution in [0.3, 0.4) is 0 Å². The molecule has 1 aliphatic rings. The maximum Gasteiger partial charge on any atom is 0.140 e. The molecule has 2 unspecified atom stereocenters. The highest BCUT2D eigenvalue weighted by atomic mass is 32.2. The highest BCUT2D eigenvalue weighted by Gasteiger charge is 2.35. The zero-order valence-electron chi connectivity index (χ0n) is 14.9. The van der Waals surface area contributed by atoms with Gasteiger partial charge in [0.2, 0.25) is 0 Å². The number of rotatable bonds is 5. The van der Waals surface area contributed by atoms with Crippen LogP contribution in [-0.4, -0.2) is 22.9 Å². The van der Waals surface area contributed by atoms with Gasteiger partial charge >= 0.3 is 0 Å². The second kappa shape index (κ2) is 7.86. The fourth-order valence-corrected chi connectivity index (χ4v) is 4.10. The lowest BCUT2D eigenvalue weighted by atomic mass is 9.78. The maximum atomic E-state index is 11.9. The van der Waals surface area contributed by atoms with E-state index < -0.39 is 5.60 Å². The minimum atomic E-state index is -1.12. The minimum absolute atomic E-state index is 0.491. The molecule has 0 amide bonds. The summed E-state index contributed by atoms with van der Waals surface area (Å²) in [7, 11) is 0. The van der Waals surface area contributed by atoms with E-state index >= 15 is 0 Å². The molecule has 2 aromatic rings. The molecule has 3 heteroatoms. The molecule has 2 atom stereocenters. The van der Waals surface area contributed by atoms with Crippen LogP contribution in [-0.2, 0) is 5.60 Å². The Kier molecular flexibility index (Phi) is 5.78. The molecule has 0 heterocycles. The van der Waals surface area contributed by atoms with E-state index in [1.807, 2.05) is 36.0 Å². The summed E-state index contributed by atoms with van der Waals surface area (Å²) in [5.41, 5.74) is 2.85. The Morgan fingerprint density at radius 2 is 1.56 bits per heavy atom. The summed E-state index contributed by atoms with van der Waals surface area (Å²) in [5, 5.41) is 12.3. The fraction of sp³-hybridized carbons (Fsp3) is 0.273. The summed E-state index contributed by atoms with van der Waals surface area (Å²) < 4.78 is 0. The van der Waals surface area contributed by atoms with Crippen molar-refractivity contribution in [3.63, 3.8) is 0 Å². The second-order valence-corrected chi connectivity index (χ2v) is 8.29. The van der Waals surface area contributed by atoms with Crippen molar-refractivity contribution < 1.29 is 5.11 Å². The van der Waals surface area contributed by atoms with Crippen LogP contribution < -0.4 is 0 Å². The summed E-state index contributed by atoms with van der Waals surface area (Å²) in [5.74, 6) is 0. The van der Waals surface area contributed by atoms with Crippen LogP contribution in [0.5, 0.6) is 0 Å². The van der Waals surface area contributed by atoms with Gasteiger partial charge in [0.15, 0.2) is 0 Å². The first-order valence-corrected chi connectivity index (χ1v) is 10.9. The van der Waals surface area contributed by atoms with E-state index in [2.05, 4.69) is 61.9 Å². The van der Waals surface area contributed by atoms with E-state index in [1.54, 1.807) is 11.8 Å². The Morgan fingerprint density at radius 3 is 2.04 bits per heavy atom. The van der Waals surface area contributed by atoms with E-state index in [0.717, 1.165) is 23.1 Å². The summed E-state index contributed by atoms with van der Waals surface area (Å²) in [6.07, 6.45) is 11.6. The summed E-state index contributed by atoms with van der Waals surface area (Å²) in [6.45, 7) is 2.07. The lowest BCUT2D eigenvalue weighted by molar-refractivity contribution is 0.124. The van der Waals surface area contributed by atoms with Gasteiger partial charge in [-0.25, -0.2) is 0 Å². The van der Waals surface area contributed by atoms with Crippen LogP contribution in [0.15, 0.2) is 77.2 Å². The Hall–Kier alpha value is -1.42. The van der Waals surface area contributed by atoms with Gasteiger partial charge in [-0.2, -0.15) is 11.8 Å². The molecule has 130 valence electrons. The molecule has 0 radical (unpaired) electrons. The topological polar surface area (TPSA) is 20.2 Å². The third kappa shape index (κ3) is 3.74. The Balaban J connectivity index is 2.09. The number of aliphatic hydroxyl groups is 1. The third-order valence-corrected chi connectivity index (χ3v) is 6.46. The Labute approximate surface area is 159 Å². The third-order valence-electron chi connectivity index (χ3n) is 4.76. The van der Waals surface area contributed by atoms with Gasteiger partial charge in [-0.3, -0.25) is 0 Å². The summed E-state index contributed by atoms with van der Waals surface area (Å²) >= 11 is 3.55. The van der Waals surface area contributed by atoms with Crippen LogP contribution in [0, 0.1) is 6.92 Å². The second-order valence-electron chi connectivity index (χ2n) is 6.33. The molecule has 0 fully saturated rings. The largest absolute Gasteiger partial charge is 0.376 e. The summed E-state index contributed by atoms with van der Waals surface area (Å²) in [4.78, 5) is 1.20. The zero-order chi connectivity index (χ0) is 17.9. The molecule has 0 saturated heterocycles. The normalized spacial score (nSPS) is 19.4. The van der Waals surface area contributed by atoms with E-state index in [0.29, 0.717) is 5.25 Å². The standard InChI is InChI=1S/C22H24OS2/c1-16-4-6-17(7-5-16)22(23,18-8-12-20(24-2)13-9-18)19-10-14-21(25-3)15-11-19/h4-14,21,23H,15H2,1-3H3. The lowest BCUT2D eigenvalue weighted by Crippen LogP contribution is -2.30. The van der Waals surface area contributed by atoms with Crippen LogP contribution in [0.1, 0.15) is 23.1 Å². The first-order chi connectivity index (χ1) is 12.1. The van der Waals surface area contributed by atoms with E-state index in [1.165, 1.54) is 10.5 Å².